The van der Waals surface area contributed by atoms with Crippen molar-refractivity contribution in [3.05, 3.63) is 88.5 Å². The Labute approximate surface area is 162 Å². The van der Waals surface area contributed by atoms with Gasteiger partial charge in [-0.1, -0.05) is 42.5 Å². The second kappa shape index (κ2) is 6.97. The first kappa shape index (κ1) is 18.0. The van der Waals surface area contributed by atoms with E-state index >= 15 is 0 Å². The summed E-state index contributed by atoms with van der Waals surface area (Å²) >= 11 is 0. The number of hydrogen-bond donors (Lipinski definition) is 1. The van der Waals surface area contributed by atoms with Gasteiger partial charge in [-0.25, -0.2) is 8.42 Å². The lowest BCUT2D eigenvalue weighted by Gasteiger charge is -2.23. The number of nitro benzene ring substituents is 1. The Bertz CT molecular complexity index is 1160. The topological polar surface area (TPSA) is 92.5 Å². The molecule has 3 aromatic rings. The highest BCUT2D eigenvalue weighted by Crippen LogP contribution is 2.39. The lowest BCUT2D eigenvalue weighted by Crippen LogP contribution is -2.19. The molecule has 1 aliphatic rings. The van der Waals surface area contributed by atoms with Crippen molar-refractivity contribution in [3.8, 4) is 0 Å². The Morgan fingerprint density at radius 2 is 1.54 bits per heavy atom. The summed E-state index contributed by atoms with van der Waals surface area (Å²) in [6.07, 6.45) is 0.863. The zero-order chi connectivity index (χ0) is 19.7. The van der Waals surface area contributed by atoms with Crippen LogP contribution in [0.5, 0.6) is 0 Å². The van der Waals surface area contributed by atoms with Crippen molar-refractivity contribution < 1.29 is 13.3 Å². The maximum atomic E-state index is 12.9. The molecule has 0 aliphatic carbocycles. The molecule has 0 radical (unpaired) electrons. The van der Waals surface area contributed by atoms with E-state index in [-0.39, 0.29) is 4.90 Å². The maximum absolute atomic E-state index is 12.9. The highest BCUT2D eigenvalue weighted by molar-refractivity contribution is 7.92. The van der Waals surface area contributed by atoms with Crippen LogP contribution in [-0.4, -0.2) is 19.9 Å². The van der Waals surface area contributed by atoms with Crippen LogP contribution in [0.25, 0.3) is 0 Å². The number of para-hydroxylation sites is 4. The molecular formula is C20H17N3O4S. The van der Waals surface area contributed by atoms with Crippen LogP contribution in [0, 0.1) is 10.1 Å². The van der Waals surface area contributed by atoms with Gasteiger partial charge in [-0.15, -0.1) is 0 Å². The molecule has 8 heteroatoms. The van der Waals surface area contributed by atoms with E-state index < -0.39 is 20.6 Å². The van der Waals surface area contributed by atoms with Gasteiger partial charge in [-0.05, 0) is 36.2 Å². The molecule has 142 valence electrons. The number of hydrogen-bond acceptors (Lipinski definition) is 5. The summed E-state index contributed by atoms with van der Waals surface area (Å²) in [6.45, 7) is 0.726. The Balaban J connectivity index is 1.74. The van der Waals surface area contributed by atoms with Crippen molar-refractivity contribution in [3.63, 3.8) is 0 Å². The molecule has 4 rings (SSSR count). The predicted octanol–water partition coefficient (Wildman–Crippen LogP) is 4.09. The molecule has 1 aliphatic heterocycles. The van der Waals surface area contributed by atoms with Gasteiger partial charge >= 0.3 is 0 Å². The molecule has 1 N–H and O–H groups in total. The maximum Gasteiger partial charge on any atom is 0.289 e. The summed E-state index contributed by atoms with van der Waals surface area (Å²) in [7, 11) is -4.14. The summed E-state index contributed by atoms with van der Waals surface area (Å²) < 4.78 is 28.3. The molecule has 28 heavy (non-hydrogen) atoms. The number of nitrogens with one attached hydrogen (secondary N) is 1. The van der Waals surface area contributed by atoms with Gasteiger partial charge < -0.3 is 4.90 Å². The average molecular weight is 395 g/mol. The minimum absolute atomic E-state index is 0.364. The Hall–Kier alpha value is -3.39. The molecule has 0 spiro atoms. The number of benzene rings is 3. The fourth-order valence-corrected chi connectivity index (χ4v) is 4.67. The first-order valence-electron chi connectivity index (χ1n) is 8.68. The fraction of sp³-hybridized carbons (Fsp3) is 0.100. The summed E-state index contributed by atoms with van der Waals surface area (Å²) in [6, 6.07) is 20.3. The van der Waals surface area contributed by atoms with E-state index in [1.54, 1.807) is 12.1 Å². The highest BCUT2D eigenvalue weighted by atomic mass is 32.2. The molecule has 0 aromatic heterocycles. The zero-order valence-corrected chi connectivity index (χ0v) is 15.6. The van der Waals surface area contributed by atoms with Crippen LogP contribution in [0.3, 0.4) is 0 Å². The number of rotatable bonds is 5. The molecular weight excluding hydrogens is 378 g/mol. The molecule has 0 atom stereocenters. The number of anilines is 3. The van der Waals surface area contributed by atoms with Gasteiger partial charge in [0.2, 0.25) is 0 Å². The van der Waals surface area contributed by atoms with Crippen molar-refractivity contribution in [1.82, 2.24) is 0 Å². The molecule has 0 saturated heterocycles. The number of nitrogens with zero attached hydrogens (tertiary/aromatic N) is 2. The third kappa shape index (κ3) is 3.18. The molecule has 3 aromatic carbocycles. The first-order chi connectivity index (χ1) is 13.5. The predicted molar refractivity (Wildman–Crippen MR) is 107 cm³/mol. The molecule has 0 bridgehead atoms. The molecule has 1 heterocycles. The van der Waals surface area contributed by atoms with E-state index in [9.17, 15) is 18.5 Å². The van der Waals surface area contributed by atoms with E-state index in [1.165, 1.54) is 29.8 Å². The first-order valence-corrected chi connectivity index (χ1v) is 10.2. The van der Waals surface area contributed by atoms with Crippen LogP contribution in [0.2, 0.25) is 0 Å². The number of fused-ring (bicyclic) bond motifs is 1. The van der Waals surface area contributed by atoms with E-state index in [0.717, 1.165) is 18.7 Å². The summed E-state index contributed by atoms with van der Waals surface area (Å²) in [4.78, 5) is 12.2. The Kier molecular flexibility index (Phi) is 4.48. The van der Waals surface area contributed by atoms with Crippen molar-refractivity contribution in [1.29, 1.82) is 0 Å². The van der Waals surface area contributed by atoms with Gasteiger partial charge in [0.1, 0.15) is 0 Å². The number of sulfonamides is 1. The van der Waals surface area contributed by atoms with Gasteiger partial charge in [0, 0.05) is 18.3 Å². The minimum Gasteiger partial charge on any atom is -0.339 e. The fourth-order valence-electron chi connectivity index (χ4n) is 3.42. The normalized spacial score (nSPS) is 13.2. The van der Waals surface area contributed by atoms with E-state index in [1.807, 2.05) is 35.2 Å². The highest BCUT2D eigenvalue weighted by Gasteiger charge is 2.28. The van der Waals surface area contributed by atoms with Crippen molar-refractivity contribution in [2.75, 3.05) is 16.2 Å². The third-order valence-corrected chi connectivity index (χ3v) is 6.09. The lowest BCUT2D eigenvalue weighted by molar-refractivity contribution is -0.387. The molecule has 0 amide bonds. The summed E-state index contributed by atoms with van der Waals surface area (Å²) in [5, 5.41) is 11.2. The lowest BCUT2D eigenvalue weighted by atomic mass is 10.2. The largest absolute Gasteiger partial charge is 0.339 e. The molecule has 0 unspecified atom stereocenters. The Morgan fingerprint density at radius 1 is 0.893 bits per heavy atom. The molecule has 0 fully saturated rings. The van der Waals surface area contributed by atoms with Crippen LogP contribution in [0.4, 0.5) is 22.7 Å². The van der Waals surface area contributed by atoms with Crippen LogP contribution in [0.1, 0.15) is 5.56 Å². The van der Waals surface area contributed by atoms with E-state index in [0.29, 0.717) is 11.4 Å². The molecule has 7 nitrogen and oxygen atoms in total. The van der Waals surface area contributed by atoms with Gasteiger partial charge in [-0.3, -0.25) is 14.8 Å². The minimum atomic E-state index is -4.14. The quantitative estimate of drug-likeness (QED) is 0.519. The number of nitro groups is 1. The van der Waals surface area contributed by atoms with Crippen LogP contribution >= 0.6 is 0 Å². The van der Waals surface area contributed by atoms with Crippen LogP contribution < -0.4 is 9.62 Å². The van der Waals surface area contributed by atoms with E-state index in [4.69, 9.17) is 0 Å². The van der Waals surface area contributed by atoms with Gasteiger partial charge in [0.25, 0.3) is 15.7 Å². The van der Waals surface area contributed by atoms with Crippen molar-refractivity contribution in [2.45, 2.75) is 11.3 Å². The van der Waals surface area contributed by atoms with Crippen molar-refractivity contribution >= 4 is 32.8 Å². The van der Waals surface area contributed by atoms with Crippen LogP contribution in [-0.2, 0) is 16.4 Å². The molecule has 0 saturated carbocycles. The standard InChI is InChI=1S/C20H17N3O4S/c24-23(25)19-11-5-6-12-20(19)28(26,27)21-16-8-2-4-10-18(16)22-14-13-15-7-1-3-9-17(15)22/h1-12,21H,13-14H2. The zero-order valence-electron chi connectivity index (χ0n) is 14.8. The monoisotopic (exact) mass is 395 g/mol. The van der Waals surface area contributed by atoms with Gasteiger partial charge in [0.05, 0.1) is 16.3 Å². The van der Waals surface area contributed by atoms with E-state index in [2.05, 4.69) is 10.8 Å². The second-order valence-corrected chi connectivity index (χ2v) is 8.03. The smallest absolute Gasteiger partial charge is 0.289 e. The third-order valence-electron chi connectivity index (χ3n) is 4.68. The van der Waals surface area contributed by atoms with Gasteiger partial charge in [-0.2, -0.15) is 0 Å². The second-order valence-electron chi connectivity index (χ2n) is 6.38. The average Bonchev–Trinajstić information content (AvgIpc) is 3.12. The summed E-state index contributed by atoms with van der Waals surface area (Å²) in [5.74, 6) is 0. The van der Waals surface area contributed by atoms with Gasteiger partial charge in [0.15, 0.2) is 4.90 Å². The summed E-state index contributed by atoms with van der Waals surface area (Å²) in [5.41, 5.74) is 2.84. The van der Waals surface area contributed by atoms with Crippen LogP contribution in [0.15, 0.2) is 77.7 Å². The van der Waals surface area contributed by atoms with Crippen molar-refractivity contribution in [2.24, 2.45) is 0 Å². The SMILES string of the molecule is O=[N+]([O-])c1ccccc1S(=O)(=O)Nc1ccccc1N1CCc2ccccc21. The Morgan fingerprint density at radius 3 is 2.32 bits per heavy atom.